The molecule has 4 bridgehead atoms. The van der Waals surface area contributed by atoms with E-state index in [1.54, 1.807) is 0 Å². The van der Waals surface area contributed by atoms with Crippen LogP contribution in [0.15, 0.2) is 17.8 Å². The van der Waals surface area contributed by atoms with Gasteiger partial charge in [-0.05, 0) is 88.4 Å². The second-order valence-electron chi connectivity index (χ2n) is 9.82. The Labute approximate surface area is 171 Å². The molecule has 1 N–H and O–H groups in total. The van der Waals surface area contributed by atoms with Crippen molar-refractivity contribution in [2.75, 3.05) is 6.54 Å². The highest BCUT2D eigenvalue weighted by Gasteiger charge is 2.53. The second kappa shape index (κ2) is 7.26. The molecule has 0 saturated heterocycles. The summed E-state index contributed by atoms with van der Waals surface area (Å²) in [6, 6.07) is 0. The number of nitro groups is 1. The van der Waals surface area contributed by atoms with Gasteiger partial charge in [0, 0.05) is 6.54 Å². The number of rotatable bonds is 6. The van der Waals surface area contributed by atoms with E-state index in [1.807, 2.05) is 4.68 Å². The predicted octanol–water partition coefficient (Wildman–Crippen LogP) is 4.34. The number of hydrogen-bond donors (Lipinski definition) is 1. The summed E-state index contributed by atoms with van der Waals surface area (Å²) in [6.45, 7) is 0.506. The van der Waals surface area contributed by atoms with Crippen molar-refractivity contribution in [1.82, 2.24) is 15.1 Å². The van der Waals surface area contributed by atoms with Crippen LogP contribution >= 0.6 is 0 Å². The van der Waals surface area contributed by atoms with Gasteiger partial charge in [-0.25, -0.2) is 0 Å². The summed E-state index contributed by atoms with van der Waals surface area (Å²) in [5.41, 5.74) is 1.08. The van der Waals surface area contributed by atoms with Gasteiger partial charge >= 0.3 is 5.69 Å². The van der Waals surface area contributed by atoms with Crippen LogP contribution in [0.4, 0.5) is 5.69 Å². The van der Waals surface area contributed by atoms with Crippen LogP contribution in [0.2, 0.25) is 0 Å². The van der Waals surface area contributed by atoms with Crippen molar-refractivity contribution in [2.24, 2.45) is 17.8 Å². The number of hydrogen-bond acceptors (Lipinski definition) is 4. The minimum atomic E-state index is -0.456. The highest BCUT2D eigenvalue weighted by Crippen LogP contribution is 2.58. The SMILES string of the molecule is O=C(NCCC1=CCCCC1)c1nn(C23CC4CC(CC(C4)C2)C3)cc1[N+](=O)[O-]. The number of amides is 1. The molecule has 1 amide bonds. The second-order valence-corrected chi connectivity index (χ2v) is 9.82. The molecule has 0 spiro atoms. The summed E-state index contributed by atoms with van der Waals surface area (Å²) < 4.78 is 1.81. The van der Waals surface area contributed by atoms with Crippen molar-refractivity contribution in [3.8, 4) is 0 Å². The number of carbonyl (C=O) groups excluding carboxylic acids is 1. The first-order valence-electron chi connectivity index (χ1n) is 11.2. The topological polar surface area (TPSA) is 90.1 Å². The largest absolute Gasteiger partial charge is 0.350 e. The van der Waals surface area contributed by atoms with E-state index < -0.39 is 10.8 Å². The number of aromatic nitrogens is 2. The first kappa shape index (κ1) is 18.8. The average Bonchev–Trinajstić information content (AvgIpc) is 3.15. The fraction of sp³-hybridized carbons (Fsp3) is 0.727. The number of carbonyl (C=O) groups is 1. The van der Waals surface area contributed by atoms with Gasteiger partial charge in [-0.3, -0.25) is 19.6 Å². The van der Waals surface area contributed by atoms with Crippen LogP contribution in [0.5, 0.6) is 0 Å². The van der Waals surface area contributed by atoms with Crippen LogP contribution in [-0.4, -0.2) is 27.2 Å². The molecule has 5 aliphatic rings. The third-order valence-corrected chi connectivity index (χ3v) is 7.72. The molecule has 4 saturated carbocycles. The Hall–Kier alpha value is -2.18. The van der Waals surface area contributed by atoms with Crippen LogP contribution in [0.1, 0.15) is 81.1 Å². The predicted molar refractivity (Wildman–Crippen MR) is 109 cm³/mol. The first-order chi connectivity index (χ1) is 14.0. The van der Waals surface area contributed by atoms with Gasteiger partial charge in [0.25, 0.3) is 5.91 Å². The monoisotopic (exact) mass is 398 g/mol. The van der Waals surface area contributed by atoms with Gasteiger partial charge in [-0.1, -0.05) is 11.6 Å². The van der Waals surface area contributed by atoms with Gasteiger partial charge < -0.3 is 5.32 Å². The van der Waals surface area contributed by atoms with Crippen LogP contribution in [0.25, 0.3) is 0 Å². The Balaban J connectivity index is 1.33. The van der Waals surface area contributed by atoms with Crippen molar-refractivity contribution in [2.45, 2.75) is 76.2 Å². The Morgan fingerprint density at radius 3 is 2.48 bits per heavy atom. The van der Waals surface area contributed by atoms with Gasteiger partial charge in [-0.2, -0.15) is 5.10 Å². The maximum absolute atomic E-state index is 12.7. The van der Waals surface area contributed by atoms with Crippen LogP contribution in [0, 0.1) is 27.9 Å². The van der Waals surface area contributed by atoms with Gasteiger partial charge in [0.1, 0.15) is 6.20 Å². The summed E-state index contributed by atoms with van der Waals surface area (Å²) in [4.78, 5) is 23.9. The normalized spacial score (nSPS) is 32.8. The summed E-state index contributed by atoms with van der Waals surface area (Å²) in [6.07, 6.45) is 16.3. The molecule has 4 fully saturated rings. The third-order valence-electron chi connectivity index (χ3n) is 7.72. The van der Waals surface area contributed by atoms with Gasteiger partial charge in [-0.15, -0.1) is 0 Å². The molecule has 6 rings (SSSR count). The van der Waals surface area contributed by atoms with Gasteiger partial charge in [0.05, 0.1) is 10.5 Å². The Bertz CT molecular complexity index is 821. The van der Waals surface area contributed by atoms with E-state index in [0.29, 0.717) is 24.3 Å². The van der Waals surface area contributed by atoms with E-state index in [9.17, 15) is 14.9 Å². The summed E-state index contributed by atoms with van der Waals surface area (Å²) >= 11 is 0. The maximum atomic E-state index is 12.7. The lowest BCUT2D eigenvalue weighted by Crippen LogP contribution is -2.52. The summed E-state index contributed by atoms with van der Waals surface area (Å²) in [7, 11) is 0. The molecule has 156 valence electrons. The molecule has 0 unspecified atom stereocenters. The number of nitrogens with zero attached hydrogens (tertiary/aromatic N) is 3. The van der Waals surface area contributed by atoms with Gasteiger partial charge in [0.15, 0.2) is 0 Å². The van der Waals surface area contributed by atoms with E-state index in [0.717, 1.165) is 38.5 Å². The van der Waals surface area contributed by atoms with Crippen LogP contribution in [0.3, 0.4) is 0 Å². The minimum Gasteiger partial charge on any atom is -0.350 e. The molecule has 0 aromatic carbocycles. The van der Waals surface area contributed by atoms with Crippen molar-refractivity contribution in [3.63, 3.8) is 0 Å². The highest BCUT2D eigenvalue weighted by atomic mass is 16.6. The first-order valence-corrected chi connectivity index (χ1v) is 11.2. The molecule has 1 aromatic rings. The zero-order chi connectivity index (χ0) is 20.0. The van der Waals surface area contributed by atoms with E-state index in [-0.39, 0.29) is 16.9 Å². The zero-order valence-electron chi connectivity index (χ0n) is 16.9. The van der Waals surface area contributed by atoms with Crippen LogP contribution < -0.4 is 5.32 Å². The van der Waals surface area contributed by atoms with Crippen molar-refractivity contribution < 1.29 is 9.72 Å². The zero-order valence-corrected chi connectivity index (χ0v) is 16.9. The molecule has 5 aliphatic carbocycles. The molecular weight excluding hydrogens is 368 g/mol. The Kier molecular flexibility index (Phi) is 4.71. The summed E-state index contributed by atoms with van der Waals surface area (Å²) in [5.74, 6) is 1.72. The van der Waals surface area contributed by atoms with Crippen molar-refractivity contribution >= 4 is 11.6 Å². The highest BCUT2D eigenvalue weighted by molar-refractivity contribution is 5.96. The molecule has 0 aliphatic heterocycles. The van der Waals surface area contributed by atoms with Gasteiger partial charge in [0.2, 0.25) is 5.69 Å². The molecule has 29 heavy (non-hydrogen) atoms. The molecular formula is C22H30N4O3. The smallest absolute Gasteiger partial charge is 0.320 e. The lowest BCUT2D eigenvalue weighted by Gasteiger charge is -2.56. The van der Waals surface area contributed by atoms with E-state index >= 15 is 0 Å². The Morgan fingerprint density at radius 2 is 1.90 bits per heavy atom. The standard InChI is InChI=1S/C22H30N4O3/c27-21(23-7-6-15-4-2-1-3-5-15)20-19(26(28)29)14-25(24-20)22-11-16-8-17(12-22)10-18(9-16)13-22/h4,14,16-18H,1-3,5-13H2,(H,23,27). The molecule has 7 heteroatoms. The molecule has 7 nitrogen and oxygen atoms in total. The number of allylic oxidation sites excluding steroid dienone is 1. The quantitative estimate of drug-likeness (QED) is 0.438. The minimum absolute atomic E-state index is 0.0247. The molecule has 0 atom stereocenters. The summed E-state index contributed by atoms with van der Waals surface area (Å²) in [5, 5.41) is 19.1. The lowest BCUT2D eigenvalue weighted by atomic mass is 9.53. The average molecular weight is 399 g/mol. The maximum Gasteiger partial charge on any atom is 0.320 e. The van der Waals surface area contributed by atoms with Crippen molar-refractivity contribution in [3.05, 3.63) is 33.7 Å². The molecule has 1 heterocycles. The molecule has 1 aromatic heterocycles. The van der Waals surface area contributed by atoms with Crippen molar-refractivity contribution in [1.29, 1.82) is 0 Å². The fourth-order valence-electron chi connectivity index (χ4n) is 6.80. The lowest BCUT2D eigenvalue weighted by molar-refractivity contribution is -0.385. The fourth-order valence-corrected chi connectivity index (χ4v) is 6.80. The number of nitrogens with one attached hydrogen (secondary N) is 1. The van der Waals surface area contributed by atoms with Crippen LogP contribution in [-0.2, 0) is 5.54 Å². The van der Waals surface area contributed by atoms with E-state index in [2.05, 4.69) is 16.5 Å². The molecule has 0 radical (unpaired) electrons. The third kappa shape index (κ3) is 3.49. The van der Waals surface area contributed by atoms with E-state index in [1.165, 1.54) is 43.9 Å². The Morgan fingerprint density at radius 1 is 1.21 bits per heavy atom. The van der Waals surface area contributed by atoms with E-state index in [4.69, 9.17) is 0 Å².